The third kappa shape index (κ3) is 3.63. The summed E-state index contributed by atoms with van der Waals surface area (Å²) in [5.41, 5.74) is 0.401. The van der Waals surface area contributed by atoms with Crippen LogP contribution in [-0.4, -0.2) is 33.2 Å². The first-order valence-electron chi connectivity index (χ1n) is 7.98. The number of aromatic nitrogens is 4. The quantitative estimate of drug-likeness (QED) is 0.678. The average molecular weight is 404 g/mol. The van der Waals surface area contributed by atoms with Crippen LogP contribution in [0.25, 0.3) is 10.8 Å². The second-order valence-electron chi connectivity index (χ2n) is 5.51. The Bertz CT molecular complexity index is 909. The number of nitrogens with one attached hydrogen (secondary N) is 1. The highest BCUT2D eigenvalue weighted by molar-refractivity contribution is 9.10. The van der Waals surface area contributed by atoms with Gasteiger partial charge in [-0.3, -0.25) is 10.1 Å². The second-order valence-corrected chi connectivity index (χ2v) is 6.30. The molecule has 0 saturated carbocycles. The Morgan fingerprint density at radius 3 is 2.92 bits per heavy atom. The van der Waals surface area contributed by atoms with Gasteiger partial charge in [0.25, 0.3) is 11.9 Å². The molecule has 1 amide bonds. The number of benzene rings is 2. The maximum Gasteiger partial charge on any atom is 0.270 e. The van der Waals surface area contributed by atoms with Crippen LogP contribution in [0.1, 0.15) is 30.1 Å². The van der Waals surface area contributed by atoms with Crippen molar-refractivity contribution in [2.45, 2.75) is 26.3 Å². The number of hydrogen-bond donors (Lipinski definition) is 1. The van der Waals surface area contributed by atoms with E-state index in [0.717, 1.165) is 28.1 Å². The number of amides is 1. The van der Waals surface area contributed by atoms with E-state index in [1.807, 2.05) is 24.3 Å². The predicted octanol–water partition coefficient (Wildman–Crippen LogP) is 3.65. The molecule has 3 rings (SSSR count). The number of anilines is 1. The summed E-state index contributed by atoms with van der Waals surface area (Å²) in [5, 5.41) is 16.5. The van der Waals surface area contributed by atoms with Crippen LogP contribution in [0.15, 0.2) is 34.8 Å². The summed E-state index contributed by atoms with van der Waals surface area (Å²) in [6, 6.07) is 9.55. The lowest BCUT2D eigenvalue weighted by Crippen LogP contribution is -2.15. The molecule has 0 radical (unpaired) electrons. The van der Waals surface area contributed by atoms with Crippen LogP contribution in [-0.2, 0) is 6.54 Å². The lowest BCUT2D eigenvalue weighted by atomic mass is 10.1. The van der Waals surface area contributed by atoms with Gasteiger partial charge in [-0.25, -0.2) is 0 Å². The SMILES string of the molecule is CCCCn1nnc(NC(=O)c2cc3ccccc3c(Br)c2OC)n1. The van der Waals surface area contributed by atoms with E-state index in [4.69, 9.17) is 4.74 Å². The molecule has 2 aromatic carbocycles. The fourth-order valence-electron chi connectivity index (χ4n) is 2.51. The largest absolute Gasteiger partial charge is 0.495 e. The first kappa shape index (κ1) is 17.3. The van der Waals surface area contributed by atoms with Crippen molar-refractivity contribution in [3.05, 3.63) is 40.4 Å². The van der Waals surface area contributed by atoms with E-state index in [1.54, 1.807) is 6.07 Å². The minimum atomic E-state index is -0.349. The predicted molar refractivity (Wildman–Crippen MR) is 98.9 cm³/mol. The number of methoxy groups -OCH3 is 1. The Morgan fingerprint density at radius 1 is 1.36 bits per heavy atom. The molecule has 3 aromatic rings. The number of hydrogen-bond acceptors (Lipinski definition) is 5. The van der Waals surface area contributed by atoms with Gasteiger partial charge in [0.15, 0.2) is 0 Å². The summed E-state index contributed by atoms with van der Waals surface area (Å²) >= 11 is 3.53. The number of halogens is 1. The highest BCUT2D eigenvalue weighted by atomic mass is 79.9. The van der Waals surface area contributed by atoms with E-state index >= 15 is 0 Å². The molecule has 0 fully saturated rings. The minimum absolute atomic E-state index is 0.174. The number of tetrazole rings is 1. The van der Waals surface area contributed by atoms with Gasteiger partial charge in [-0.05, 0) is 44.4 Å². The van der Waals surface area contributed by atoms with Gasteiger partial charge in [0, 0.05) is 0 Å². The molecule has 0 atom stereocenters. The first-order valence-corrected chi connectivity index (χ1v) is 8.77. The average Bonchev–Trinajstić information content (AvgIpc) is 3.07. The zero-order chi connectivity index (χ0) is 17.8. The number of ether oxygens (including phenoxy) is 1. The van der Waals surface area contributed by atoms with Crippen molar-refractivity contribution >= 4 is 38.6 Å². The Balaban J connectivity index is 1.90. The molecule has 0 spiro atoms. The molecule has 1 heterocycles. The Hall–Kier alpha value is -2.48. The van der Waals surface area contributed by atoms with E-state index in [2.05, 4.69) is 43.6 Å². The van der Waals surface area contributed by atoms with E-state index in [9.17, 15) is 4.79 Å². The minimum Gasteiger partial charge on any atom is -0.495 e. The lowest BCUT2D eigenvalue weighted by Gasteiger charge is -2.12. The summed E-state index contributed by atoms with van der Waals surface area (Å²) in [5.74, 6) is 0.292. The molecule has 7 nitrogen and oxygen atoms in total. The van der Waals surface area contributed by atoms with Crippen LogP contribution >= 0.6 is 15.9 Å². The molecular formula is C17H18BrN5O2. The van der Waals surface area contributed by atoms with Crippen molar-refractivity contribution in [2.75, 3.05) is 12.4 Å². The molecule has 0 saturated heterocycles. The maximum absolute atomic E-state index is 12.7. The van der Waals surface area contributed by atoms with Crippen molar-refractivity contribution < 1.29 is 9.53 Å². The number of nitrogens with zero attached hydrogens (tertiary/aromatic N) is 4. The fraction of sp³-hybridized carbons (Fsp3) is 0.294. The first-order chi connectivity index (χ1) is 12.1. The van der Waals surface area contributed by atoms with Gasteiger partial charge in [0.2, 0.25) is 0 Å². The monoisotopic (exact) mass is 403 g/mol. The van der Waals surface area contributed by atoms with Gasteiger partial charge in [-0.2, -0.15) is 4.80 Å². The van der Waals surface area contributed by atoms with Crippen molar-refractivity contribution in [2.24, 2.45) is 0 Å². The van der Waals surface area contributed by atoms with Crippen LogP contribution in [0.4, 0.5) is 5.95 Å². The summed E-state index contributed by atoms with van der Waals surface area (Å²) < 4.78 is 6.17. The van der Waals surface area contributed by atoms with Gasteiger partial charge in [0.05, 0.1) is 23.7 Å². The van der Waals surface area contributed by atoms with Crippen molar-refractivity contribution in [3.63, 3.8) is 0 Å². The number of unbranched alkanes of at least 4 members (excludes halogenated alkanes) is 1. The van der Waals surface area contributed by atoms with E-state index in [1.165, 1.54) is 11.9 Å². The molecule has 8 heteroatoms. The summed E-state index contributed by atoms with van der Waals surface area (Å²) in [6.45, 7) is 2.76. The van der Waals surface area contributed by atoms with Crippen LogP contribution in [0, 0.1) is 0 Å². The van der Waals surface area contributed by atoms with E-state index in [0.29, 0.717) is 17.9 Å². The summed E-state index contributed by atoms with van der Waals surface area (Å²) in [6.07, 6.45) is 1.99. The highest BCUT2D eigenvalue weighted by Gasteiger charge is 2.19. The maximum atomic E-state index is 12.7. The number of fused-ring (bicyclic) bond motifs is 1. The number of carbonyl (C=O) groups excluding carboxylic acids is 1. The van der Waals surface area contributed by atoms with Crippen molar-refractivity contribution in [1.29, 1.82) is 0 Å². The smallest absolute Gasteiger partial charge is 0.270 e. The van der Waals surface area contributed by atoms with Gasteiger partial charge < -0.3 is 4.74 Å². The summed E-state index contributed by atoms with van der Waals surface area (Å²) in [7, 11) is 1.53. The van der Waals surface area contributed by atoms with Crippen LogP contribution in [0.2, 0.25) is 0 Å². The lowest BCUT2D eigenvalue weighted by molar-refractivity contribution is 0.102. The number of carbonyl (C=O) groups is 1. The third-order valence-corrected chi connectivity index (χ3v) is 4.57. The zero-order valence-electron chi connectivity index (χ0n) is 14.0. The standard InChI is InChI=1S/C17H18BrN5O2/c1-3-4-9-23-21-17(20-22-23)19-16(24)13-10-11-7-5-6-8-12(11)14(18)15(13)25-2/h5-8,10H,3-4,9H2,1-2H3,(H,19,21,24). The van der Waals surface area contributed by atoms with Crippen LogP contribution in [0.5, 0.6) is 5.75 Å². The van der Waals surface area contributed by atoms with Gasteiger partial charge >= 0.3 is 0 Å². The molecule has 0 unspecified atom stereocenters. The van der Waals surface area contributed by atoms with Gasteiger partial charge in [-0.15, -0.1) is 5.10 Å². The second kappa shape index (κ2) is 7.60. The number of rotatable bonds is 6. The third-order valence-electron chi connectivity index (χ3n) is 3.78. The van der Waals surface area contributed by atoms with Crippen molar-refractivity contribution in [1.82, 2.24) is 20.2 Å². The van der Waals surface area contributed by atoms with Gasteiger partial charge in [0.1, 0.15) is 5.75 Å². The van der Waals surface area contributed by atoms with E-state index in [-0.39, 0.29) is 11.9 Å². The normalized spacial score (nSPS) is 10.8. The topological polar surface area (TPSA) is 81.9 Å². The molecule has 0 aliphatic carbocycles. The molecule has 1 aromatic heterocycles. The Kier molecular flexibility index (Phi) is 5.28. The van der Waals surface area contributed by atoms with Crippen LogP contribution < -0.4 is 10.1 Å². The van der Waals surface area contributed by atoms with E-state index < -0.39 is 0 Å². The number of aryl methyl sites for hydroxylation is 1. The Labute approximate surface area is 153 Å². The highest BCUT2D eigenvalue weighted by Crippen LogP contribution is 2.36. The molecular weight excluding hydrogens is 386 g/mol. The molecule has 0 aliphatic heterocycles. The summed E-state index contributed by atoms with van der Waals surface area (Å²) in [4.78, 5) is 14.2. The van der Waals surface area contributed by atoms with Crippen molar-refractivity contribution in [3.8, 4) is 5.75 Å². The zero-order valence-corrected chi connectivity index (χ0v) is 15.6. The molecule has 0 bridgehead atoms. The molecule has 25 heavy (non-hydrogen) atoms. The molecule has 0 aliphatic rings. The fourth-order valence-corrected chi connectivity index (χ4v) is 3.25. The Morgan fingerprint density at radius 2 is 2.16 bits per heavy atom. The molecule has 1 N–H and O–H groups in total. The molecule has 130 valence electrons. The van der Waals surface area contributed by atoms with Crippen LogP contribution in [0.3, 0.4) is 0 Å². The van der Waals surface area contributed by atoms with Gasteiger partial charge in [-0.1, -0.05) is 42.7 Å².